The molecule has 1 unspecified atom stereocenters. The SMILES string of the molecule is COC(=O)C1=C(C(=O)OC)N(c2ccc(C(=O)Nc3cccc(C)c3C)cc2)C(N)=C(C#N)C1c1ccccc1. The van der Waals surface area contributed by atoms with Gasteiger partial charge in [-0.15, -0.1) is 0 Å². The molecule has 1 aliphatic heterocycles. The van der Waals surface area contributed by atoms with Crippen LogP contribution in [0.2, 0.25) is 0 Å². The highest BCUT2D eigenvalue weighted by Crippen LogP contribution is 2.43. The van der Waals surface area contributed by atoms with Gasteiger partial charge in [0, 0.05) is 16.9 Å². The van der Waals surface area contributed by atoms with E-state index in [0.29, 0.717) is 22.5 Å². The summed E-state index contributed by atoms with van der Waals surface area (Å²) in [5.74, 6) is -3.02. The van der Waals surface area contributed by atoms with Crippen LogP contribution in [0, 0.1) is 25.2 Å². The Morgan fingerprint density at radius 3 is 2.15 bits per heavy atom. The number of allylic oxidation sites excluding steroid dienone is 1. The molecule has 1 aliphatic rings. The van der Waals surface area contributed by atoms with Crippen LogP contribution in [0.5, 0.6) is 0 Å². The first kappa shape index (κ1) is 27.7. The third kappa shape index (κ3) is 5.02. The van der Waals surface area contributed by atoms with Gasteiger partial charge in [-0.1, -0.05) is 42.5 Å². The first-order chi connectivity index (χ1) is 19.2. The molecule has 4 rings (SSSR count). The van der Waals surface area contributed by atoms with Gasteiger partial charge in [-0.3, -0.25) is 9.69 Å². The van der Waals surface area contributed by atoms with Gasteiger partial charge in [0.25, 0.3) is 5.91 Å². The molecule has 0 aromatic heterocycles. The average Bonchev–Trinajstić information content (AvgIpc) is 2.98. The van der Waals surface area contributed by atoms with Crippen LogP contribution in [0.15, 0.2) is 95.5 Å². The molecular formula is C31H28N4O5. The van der Waals surface area contributed by atoms with Crippen LogP contribution in [0.4, 0.5) is 11.4 Å². The molecule has 0 saturated carbocycles. The maximum absolute atomic E-state index is 13.2. The second kappa shape index (κ2) is 11.6. The van der Waals surface area contributed by atoms with Crippen molar-refractivity contribution in [3.05, 3.63) is 118 Å². The zero-order valence-electron chi connectivity index (χ0n) is 22.5. The van der Waals surface area contributed by atoms with E-state index < -0.39 is 17.9 Å². The smallest absolute Gasteiger partial charge is 0.355 e. The molecule has 3 aromatic rings. The fraction of sp³-hybridized carbons (Fsp3) is 0.161. The molecule has 1 atom stereocenters. The van der Waals surface area contributed by atoms with Gasteiger partial charge in [0.05, 0.1) is 37.4 Å². The predicted molar refractivity (Wildman–Crippen MR) is 150 cm³/mol. The van der Waals surface area contributed by atoms with Crippen molar-refractivity contribution in [1.82, 2.24) is 0 Å². The molecule has 0 spiro atoms. The van der Waals surface area contributed by atoms with Gasteiger partial charge >= 0.3 is 11.9 Å². The van der Waals surface area contributed by atoms with Crippen molar-refractivity contribution >= 4 is 29.2 Å². The van der Waals surface area contributed by atoms with Crippen molar-refractivity contribution in [2.24, 2.45) is 5.73 Å². The monoisotopic (exact) mass is 536 g/mol. The molecule has 3 aromatic carbocycles. The number of rotatable bonds is 6. The first-order valence-corrected chi connectivity index (χ1v) is 12.4. The molecular weight excluding hydrogens is 508 g/mol. The Labute approximate surface area is 232 Å². The van der Waals surface area contributed by atoms with Gasteiger partial charge in [0.15, 0.2) is 0 Å². The van der Waals surface area contributed by atoms with Gasteiger partial charge in [-0.05, 0) is 60.9 Å². The number of hydrogen-bond donors (Lipinski definition) is 2. The highest BCUT2D eigenvalue weighted by Gasteiger charge is 2.43. The van der Waals surface area contributed by atoms with Gasteiger partial charge < -0.3 is 20.5 Å². The van der Waals surface area contributed by atoms with E-state index in [2.05, 4.69) is 11.4 Å². The molecule has 0 bridgehead atoms. The average molecular weight is 537 g/mol. The number of nitrogens with zero attached hydrogens (tertiary/aromatic N) is 2. The summed E-state index contributed by atoms with van der Waals surface area (Å²) >= 11 is 0. The first-order valence-electron chi connectivity index (χ1n) is 12.4. The van der Waals surface area contributed by atoms with Crippen molar-refractivity contribution in [2.45, 2.75) is 19.8 Å². The van der Waals surface area contributed by atoms with Gasteiger partial charge in [0.1, 0.15) is 11.5 Å². The predicted octanol–water partition coefficient (Wildman–Crippen LogP) is 4.45. The molecule has 40 heavy (non-hydrogen) atoms. The summed E-state index contributed by atoms with van der Waals surface area (Å²) in [6.45, 7) is 3.89. The van der Waals surface area contributed by atoms with E-state index in [1.807, 2.05) is 32.0 Å². The van der Waals surface area contributed by atoms with Crippen molar-refractivity contribution in [3.8, 4) is 6.07 Å². The Morgan fingerprint density at radius 1 is 0.900 bits per heavy atom. The Balaban J connectivity index is 1.82. The second-order valence-electron chi connectivity index (χ2n) is 9.08. The summed E-state index contributed by atoms with van der Waals surface area (Å²) in [6, 6.07) is 22.8. The van der Waals surface area contributed by atoms with E-state index in [4.69, 9.17) is 15.2 Å². The number of amides is 1. The molecule has 9 heteroatoms. The van der Waals surface area contributed by atoms with Gasteiger partial charge in [-0.2, -0.15) is 5.26 Å². The van der Waals surface area contributed by atoms with Gasteiger partial charge in [-0.25, -0.2) is 9.59 Å². The normalized spacial score (nSPS) is 14.9. The molecule has 0 aliphatic carbocycles. The second-order valence-corrected chi connectivity index (χ2v) is 9.08. The standard InChI is InChI=1S/C31H28N4O5/c1-18-9-8-12-24(19(18)2)34-29(36)21-13-15-22(16-14-21)35-27(31(38)40-4)26(30(37)39-3)25(23(17-32)28(35)33)20-10-6-5-7-11-20/h5-16,25H,33H2,1-4H3,(H,34,36). The van der Waals surface area contributed by atoms with Crippen LogP contribution in [0.1, 0.15) is 33.0 Å². The number of ether oxygens (including phenoxy) is 2. The Hall–Kier alpha value is -5.36. The van der Waals surface area contributed by atoms with E-state index in [0.717, 1.165) is 11.1 Å². The topological polar surface area (TPSA) is 135 Å². The fourth-order valence-electron chi connectivity index (χ4n) is 4.62. The lowest BCUT2D eigenvalue weighted by molar-refractivity contribution is -0.139. The fourth-order valence-corrected chi connectivity index (χ4v) is 4.62. The Bertz CT molecular complexity index is 1580. The lowest BCUT2D eigenvalue weighted by Crippen LogP contribution is -2.40. The highest BCUT2D eigenvalue weighted by molar-refractivity contribution is 6.07. The summed E-state index contributed by atoms with van der Waals surface area (Å²) in [7, 11) is 2.37. The minimum atomic E-state index is -0.966. The van der Waals surface area contributed by atoms with Gasteiger partial charge in [0.2, 0.25) is 0 Å². The number of hydrogen-bond acceptors (Lipinski definition) is 8. The van der Waals surface area contributed by atoms with Crippen LogP contribution < -0.4 is 16.0 Å². The molecule has 202 valence electrons. The van der Waals surface area contributed by atoms with Crippen LogP contribution >= 0.6 is 0 Å². The van der Waals surface area contributed by atoms with Crippen molar-refractivity contribution in [1.29, 1.82) is 5.26 Å². The van der Waals surface area contributed by atoms with E-state index in [1.165, 1.54) is 19.1 Å². The summed E-state index contributed by atoms with van der Waals surface area (Å²) in [5.41, 5.74) is 10.2. The molecule has 3 N–H and O–H groups in total. The van der Waals surface area contributed by atoms with Crippen molar-refractivity contribution in [3.63, 3.8) is 0 Å². The number of nitrogens with one attached hydrogen (secondary N) is 1. The number of benzene rings is 3. The van der Waals surface area contributed by atoms with Crippen molar-refractivity contribution in [2.75, 3.05) is 24.4 Å². The minimum Gasteiger partial charge on any atom is -0.466 e. The van der Waals surface area contributed by atoms with Crippen LogP contribution in [-0.2, 0) is 19.1 Å². The number of nitriles is 1. The summed E-state index contributed by atoms with van der Waals surface area (Å²) in [6.07, 6.45) is 0. The number of methoxy groups -OCH3 is 2. The van der Waals surface area contributed by atoms with Crippen LogP contribution in [-0.4, -0.2) is 32.1 Å². The van der Waals surface area contributed by atoms with E-state index in [9.17, 15) is 19.6 Å². The molecule has 0 radical (unpaired) electrons. The quantitative estimate of drug-likeness (QED) is 0.441. The van der Waals surface area contributed by atoms with Crippen LogP contribution in [0.3, 0.4) is 0 Å². The molecule has 0 saturated heterocycles. The lowest BCUT2D eigenvalue weighted by atomic mass is 9.81. The summed E-state index contributed by atoms with van der Waals surface area (Å²) in [4.78, 5) is 40.6. The third-order valence-corrected chi connectivity index (χ3v) is 6.85. The lowest BCUT2D eigenvalue weighted by Gasteiger charge is -2.35. The maximum atomic E-state index is 13.2. The zero-order valence-corrected chi connectivity index (χ0v) is 22.5. The number of carbonyl (C=O) groups excluding carboxylic acids is 3. The highest BCUT2D eigenvalue weighted by atomic mass is 16.5. The minimum absolute atomic E-state index is 0.0518. The summed E-state index contributed by atoms with van der Waals surface area (Å²) < 4.78 is 10.1. The van der Waals surface area contributed by atoms with E-state index in [-0.39, 0.29) is 28.6 Å². The largest absolute Gasteiger partial charge is 0.466 e. The molecule has 1 amide bonds. The third-order valence-electron chi connectivity index (χ3n) is 6.85. The maximum Gasteiger partial charge on any atom is 0.355 e. The Kier molecular flexibility index (Phi) is 8.01. The number of carbonyl (C=O) groups is 3. The van der Waals surface area contributed by atoms with Crippen molar-refractivity contribution < 1.29 is 23.9 Å². The van der Waals surface area contributed by atoms with E-state index in [1.54, 1.807) is 54.6 Å². The number of esters is 2. The summed E-state index contributed by atoms with van der Waals surface area (Å²) in [5, 5.41) is 13.1. The molecule has 1 heterocycles. The molecule has 9 nitrogen and oxygen atoms in total. The Morgan fingerprint density at radius 2 is 1.55 bits per heavy atom. The molecule has 0 fully saturated rings. The number of aryl methyl sites for hydroxylation is 1. The van der Waals surface area contributed by atoms with E-state index >= 15 is 0 Å². The van der Waals surface area contributed by atoms with Crippen LogP contribution in [0.25, 0.3) is 0 Å². The number of anilines is 2. The number of nitrogens with two attached hydrogens (primary N) is 1. The zero-order chi connectivity index (χ0) is 29.0.